The zero-order valence-electron chi connectivity index (χ0n) is 18.8. The number of rotatable bonds is 7. The van der Waals surface area contributed by atoms with Gasteiger partial charge in [0.05, 0.1) is 37.5 Å². The Morgan fingerprint density at radius 1 is 0.676 bits per heavy atom. The lowest BCUT2D eigenvalue weighted by Crippen LogP contribution is -1.98. The third-order valence-electron chi connectivity index (χ3n) is 4.90. The first-order chi connectivity index (χ1) is 17.2. The van der Waals surface area contributed by atoms with Gasteiger partial charge in [0.2, 0.25) is 0 Å². The minimum atomic E-state index is -4.76. The summed E-state index contributed by atoms with van der Waals surface area (Å²) >= 11 is 0. The molecule has 0 atom stereocenters. The van der Waals surface area contributed by atoms with Gasteiger partial charge in [-0.15, -0.1) is 10.2 Å². The van der Waals surface area contributed by atoms with Crippen molar-refractivity contribution in [1.82, 2.24) is 0 Å². The van der Waals surface area contributed by atoms with E-state index in [1.807, 2.05) is 0 Å². The second kappa shape index (κ2) is 9.79. The lowest BCUT2D eigenvalue weighted by atomic mass is 10.1. The molecule has 3 aromatic rings. The van der Waals surface area contributed by atoms with Crippen LogP contribution < -0.4 is 22.9 Å². The number of nitrogen functional groups attached to an aromatic ring is 4. The van der Waals surface area contributed by atoms with Gasteiger partial charge in [-0.1, -0.05) is 0 Å². The van der Waals surface area contributed by atoms with E-state index in [1.165, 1.54) is 6.92 Å². The lowest BCUT2D eigenvalue weighted by molar-refractivity contribution is -0.384. The molecule has 9 N–H and O–H groups in total. The monoisotopic (exact) mass is 530 g/mol. The number of nitro benzene ring substituents is 2. The number of hydrogen-bond acceptors (Lipinski definition) is 14. The van der Waals surface area contributed by atoms with Gasteiger partial charge in [0.15, 0.2) is 0 Å². The van der Waals surface area contributed by atoms with Crippen LogP contribution in [0.5, 0.6) is 0 Å². The first kappa shape index (κ1) is 26.4. The Hall–Kier alpha value is -5.23. The summed E-state index contributed by atoms with van der Waals surface area (Å²) in [5.41, 5.74) is 21.0. The maximum absolute atomic E-state index is 11.8. The topological polar surface area (TPSA) is 294 Å². The Balaban J connectivity index is 2.13. The molecule has 3 aromatic carbocycles. The Labute approximate surface area is 207 Å². The van der Waals surface area contributed by atoms with Crippen molar-refractivity contribution in [3.05, 3.63) is 62.2 Å². The fourth-order valence-corrected chi connectivity index (χ4v) is 3.46. The van der Waals surface area contributed by atoms with E-state index < -0.39 is 36.2 Å². The van der Waals surface area contributed by atoms with E-state index in [0.717, 1.165) is 36.4 Å². The molecule has 0 unspecified atom stereocenters. The number of nitro groups is 2. The van der Waals surface area contributed by atoms with Gasteiger partial charge in [0, 0.05) is 17.7 Å². The molecular formula is C19H18N10O7S. The van der Waals surface area contributed by atoms with Gasteiger partial charge in [-0.25, -0.2) is 0 Å². The average molecular weight is 530 g/mol. The highest BCUT2D eigenvalue weighted by molar-refractivity contribution is 7.85. The van der Waals surface area contributed by atoms with Crippen LogP contribution in [-0.4, -0.2) is 22.8 Å². The van der Waals surface area contributed by atoms with E-state index in [4.69, 9.17) is 22.9 Å². The zero-order chi connectivity index (χ0) is 27.7. The van der Waals surface area contributed by atoms with Gasteiger partial charge in [0.1, 0.15) is 22.7 Å². The van der Waals surface area contributed by atoms with E-state index in [1.54, 1.807) is 0 Å². The van der Waals surface area contributed by atoms with E-state index in [0.29, 0.717) is 0 Å². The molecule has 0 aliphatic heterocycles. The normalized spacial score (nSPS) is 11.8. The highest BCUT2D eigenvalue weighted by atomic mass is 32.2. The summed E-state index contributed by atoms with van der Waals surface area (Å²) in [5.74, 6) is 0. The van der Waals surface area contributed by atoms with Crippen molar-refractivity contribution in [2.45, 2.75) is 11.8 Å². The second-order valence-electron chi connectivity index (χ2n) is 7.42. The molecule has 0 aromatic heterocycles. The average Bonchev–Trinajstić information content (AvgIpc) is 2.78. The number of nitrogens with two attached hydrogens (primary N) is 4. The van der Waals surface area contributed by atoms with Crippen LogP contribution in [-0.2, 0) is 10.1 Å². The zero-order valence-corrected chi connectivity index (χ0v) is 19.6. The highest BCUT2D eigenvalue weighted by Gasteiger charge is 2.19. The summed E-state index contributed by atoms with van der Waals surface area (Å²) < 4.78 is 33.2. The predicted molar refractivity (Wildman–Crippen MR) is 133 cm³/mol. The summed E-state index contributed by atoms with van der Waals surface area (Å²) in [6.07, 6.45) is 0. The maximum Gasteiger partial charge on any atom is 0.294 e. The second-order valence-corrected chi connectivity index (χ2v) is 8.84. The van der Waals surface area contributed by atoms with Gasteiger partial charge in [-0.3, -0.25) is 24.8 Å². The highest BCUT2D eigenvalue weighted by Crippen LogP contribution is 2.38. The van der Waals surface area contributed by atoms with Crippen molar-refractivity contribution in [2.24, 2.45) is 20.5 Å². The third kappa shape index (κ3) is 5.71. The van der Waals surface area contributed by atoms with Crippen LogP contribution in [0.2, 0.25) is 0 Å². The van der Waals surface area contributed by atoms with Crippen LogP contribution in [0, 0.1) is 27.2 Å². The molecule has 37 heavy (non-hydrogen) atoms. The number of benzene rings is 3. The van der Waals surface area contributed by atoms with Gasteiger partial charge >= 0.3 is 0 Å². The summed E-state index contributed by atoms with van der Waals surface area (Å²) in [5, 5.41) is 37.8. The summed E-state index contributed by atoms with van der Waals surface area (Å²) in [4.78, 5) is 20.2. The number of azo groups is 2. The number of nitrogens with zero attached hydrogens (tertiary/aromatic N) is 6. The van der Waals surface area contributed by atoms with Crippen molar-refractivity contribution in [2.75, 3.05) is 22.9 Å². The number of hydrogen-bond donors (Lipinski definition) is 5. The van der Waals surface area contributed by atoms with E-state index >= 15 is 0 Å². The van der Waals surface area contributed by atoms with E-state index in [9.17, 15) is 33.2 Å². The van der Waals surface area contributed by atoms with Gasteiger partial charge < -0.3 is 22.9 Å². The van der Waals surface area contributed by atoms with Crippen LogP contribution in [0.3, 0.4) is 0 Å². The standard InChI is InChI=1S/C19H18N10O7S/c1-8-14(24-26-16-6-18(28(30)31)12(22)4-10(16)20)2-9(37(34,35)36)3-15(8)25-27-17-7-19(29(32)33)13(23)5-11(17)21/h2-7H,20-23H2,1H3,(H,34,35,36). The van der Waals surface area contributed by atoms with Gasteiger partial charge in [-0.2, -0.15) is 18.6 Å². The molecule has 0 radical (unpaired) electrons. The minimum Gasteiger partial charge on any atom is -0.397 e. The lowest BCUT2D eigenvalue weighted by Gasteiger charge is -2.07. The van der Waals surface area contributed by atoms with Crippen LogP contribution in [0.15, 0.2) is 61.8 Å². The van der Waals surface area contributed by atoms with Gasteiger partial charge in [-0.05, 0) is 31.2 Å². The largest absolute Gasteiger partial charge is 0.397 e. The quantitative estimate of drug-likeness (QED) is 0.0946. The van der Waals surface area contributed by atoms with E-state index in [-0.39, 0.29) is 51.1 Å². The molecule has 0 amide bonds. The number of anilines is 4. The van der Waals surface area contributed by atoms with Crippen LogP contribution in [0.25, 0.3) is 0 Å². The van der Waals surface area contributed by atoms with Crippen molar-refractivity contribution in [3.63, 3.8) is 0 Å². The van der Waals surface area contributed by atoms with Crippen LogP contribution in [0.1, 0.15) is 5.56 Å². The Bertz CT molecular complexity index is 1520. The molecule has 0 fully saturated rings. The Morgan fingerprint density at radius 3 is 1.35 bits per heavy atom. The minimum absolute atomic E-state index is 0.0456. The molecule has 0 aliphatic carbocycles. The maximum atomic E-state index is 11.8. The molecule has 192 valence electrons. The first-order valence-electron chi connectivity index (χ1n) is 9.81. The molecule has 0 saturated heterocycles. The van der Waals surface area contributed by atoms with Crippen molar-refractivity contribution < 1.29 is 22.8 Å². The molecule has 0 heterocycles. The van der Waals surface area contributed by atoms with E-state index in [2.05, 4.69) is 20.5 Å². The summed E-state index contributed by atoms with van der Waals surface area (Å²) in [6, 6.07) is 6.13. The molecular weight excluding hydrogens is 512 g/mol. The molecule has 3 rings (SSSR count). The van der Waals surface area contributed by atoms with Crippen molar-refractivity contribution in [1.29, 1.82) is 0 Å². The smallest absolute Gasteiger partial charge is 0.294 e. The molecule has 0 aliphatic rings. The Kier molecular flexibility index (Phi) is 6.98. The summed E-state index contributed by atoms with van der Waals surface area (Å²) in [7, 11) is -4.76. The Morgan fingerprint density at radius 2 is 1.03 bits per heavy atom. The molecule has 0 spiro atoms. The van der Waals surface area contributed by atoms with Crippen LogP contribution >= 0.6 is 0 Å². The molecule has 17 nitrogen and oxygen atoms in total. The first-order valence-corrected chi connectivity index (χ1v) is 11.3. The predicted octanol–water partition coefficient (Wildman–Crippen LogP) is 4.22. The molecule has 18 heteroatoms. The van der Waals surface area contributed by atoms with Crippen molar-refractivity contribution >= 4 is 67.0 Å². The fraction of sp³-hybridized carbons (Fsp3) is 0.0526. The fourth-order valence-electron chi connectivity index (χ4n) is 2.94. The van der Waals surface area contributed by atoms with Crippen LogP contribution in [0.4, 0.5) is 56.9 Å². The van der Waals surface area contributed by atoms with Crippen molar-refractivity contribution in [3.8, 4) is 0 Å². The van der Waals surface area contributed by atoms with Gasteiger partial charge in [0.25, 0.3) is 21.5 Å². The third-order valence-corrected chi connectivity index (χ3v) is 5.73. The SMILES string of the molecule is Cc1c(N=Nc2cc([N+](=O)[O-])c(N)cc2N)cc(S(=O)(=O)O)cc1N=Nc1cc([N+](=O)[O-])c(N)cc1N. The summed E-state index contributed by atoms with van der Waals surface area (Å²) in [6.45, 7) is 1.46. The molecule has 0 bridgehead atoms. The molecule has 0 saturated carbocycles.